The summed E-state index contributed by atoms with van der Waals surface area (Å²) in [5, 5.41) is 0. The van der Waals surface area contributed by atoms with Crippen molar-refractivity contribution >= 4 is 10.4 Å². The van der Waals surface area contributed by atoms with Crippen LogP contribution >= 0.6 is 0 Å². The first-order valence-electron chi connectivity index (χ1n) is 13.3. The summed E-state index contributed by atoms with van der Waals surface area (Å²) >= 11 is 0. The van der Waals surface area contributed by atoms with Crippen LogP contribution in [0.15, 0.2) is 11.6 Å². The van der Waals surface area contributed by atoms with Gasteiger partial charge in [-0.1, -0.05) is 65.5 Å². The molecule has 0 N–H and O–H groups in total. The maximum Gasteiger partial charge on any atom is 0.217 e. The van der Waals surface area contributed by atoms with E-state index >= 15 is 0 Å². The summed E-state index contributed by atoms with van der Waals surface area (Å²) in [6, 6.07) is 0. The van der Waals surface area contributed by atoms with Gasteiger partial charge in [0.25, 0.3) is 0 Å². The summed E-state index contributed by atoms with van der Waals surface area (Å²) in [4.78, 5) is 0. The molecular weight excluding hydrogens is 420 g/mol. The Labute approximate surface area is 196 Å². The molecule has 4 nitrogen and oxygen atoms in total. The van der Waals surface area contributed by atoms with E-state index in [9.17, 15) is 13.0 Å². The third-order valence-corrected chi connectivity index (χ3v) is 11.0. The molecule has 0 spiro atoms. The molecule has 0 bridgehead atoms. The predicted octanol–water partition coefficient (Wildman–Crippen LogP) is 6.87. The van der Waals surface area contributed by atoms with E-state index in [1.165, 1.54) is 50.5 Å². The van der Waals surface area contributed by atoms with Crippen LogP contribution in [0.1, 0.15) is 105 Å². The average Bonchev–Trinajstić information content (AvgIpc) is 3.04. The summed E-state index contributed by atoms with van der Waals surface area (Å²) in [5.41, 5.74) is 1.99. The monoisotopic (exact) mass is 465 g/mol. The first-order valence-corrected chi connectivity index (χ1v) is 14.6. The van der Waals surface area contributed by atoms with Crippen molar-refractivity contribution in [1.82, 2.24) is 0 Å². The number of fused-ring (bicyclic) bond motifs is 5. The van der Waals surface area contributed by atoms with E-state index < -0.39 is 16.5 Å². The highest BCUT2D eigenvalue weighted by Crippen LogP contribution is 2.67. The molecule has 4 rings (SSSR count). The number of hydrogen-bond acceptors (Lipinski definition) is 4. The minimum atomic E-state index is -4.63. The first kappa shape index (κ1) is 24.7. The summed E-state index contributed by atoms with van der Waals surface area (Å²) < 4.78 is 38.2. The molecule has 0 unspecified atom stereocenters. The molecule has 4 aliphatic rings. The van der Waals surface area contributed by atoms with Gasteiger partial charge in [0.05, 0.1) is 6.10 Å². The Morgan fingerprint density at radius 1 is 1.06 bits per heavy atom. The van der Waals surface area contributed by atoms with Crippen molar-refractivity contribution < 1.29 is 17.2 Å². The second-order valence-electron chi connectivity index (χ2n) is 12.7. The van der Waals surface area contributed by atoms with Gasteiger partial charge in [0.1, 0.15) is 0 Å². The van der Waals surface area contributed by atoms with Gasteiger partial charge in [-0.2, -0.15) is 0 Å². The number of allylic oxidation sites excluding steroid dienone is 1. The lowest BCUT2D eigenvalue weighted by Crippen LogP contribution is -2.51. The Kier molecular flexibility index (Phi) is 6.95. The molecule has 3 saturated carbocycles. The maximum atomic E-state index is 11.1. The lowest BCUT2D eigenvalue weighted by Gasteiger charge is -2.58. The van der Waals surface area contributed by atoms with Crippen molar-refractivity contribution in [2.75, 3.05) is 0 Å². The van der Waals surface area contributed by atoms with Crippen LogP contribution in [0.4, 0.5) is 0 Å². The van der Waals surface area contributed by atoms with Gasteiger partial charge in [-0.05, 0) is 97.7 Å². The van der Waals surface area contributed by atoms with Crippen molar-refractivity contribution in [2.24, 2.45) is 46.3 Å². The Hall–Kier alpha value is -0.390. The predicted molar refractivity (Wildman–Crippen MR) is 128 cm³/mol. The summed E-state index contributed by atoms with van der Waals surface area (Å²) in [6.07, 6.45) is 14.8. The van der Waals surface area contributed by atoms with Gasteiger partial charge in [-0.15, -0.1) is 0 Å². The maximum absolute atomic E-state index is 11.1. The van der Waals surface area contributed by atoms with Crippen LogP contribution in [0.3, 0.4) is 0 Å². The van der Waals surface area contributed by atoms with Crippen LogP contribution in [0, 0.1) is 46.3 Å². The SMILES string of the molecule is CC(C)CCC[C@@H](C)[C@H]1CC[C@H]2[C@@H]3CC=C4C[C@@H](OS(=O)(=O)[O-])CC[C@]4(C)[C@H]3CC[C@]12C. The van der Waals surface area contributed by atoms with Crippen molar-refractivity contribution in [3.63, 3.8) is 0 Å². The molecular formula is C27H45O4S-. The van der Waals surface area contributed by atoms with Crippen molar-refractivity contribution in [3.8, 4) is 0 Å². The molecule has 184 valence electrons. The van der Waals surface area contributed by atoms with Crippen LogP contribution in [0.5, 0.6) is 0 Å². The summed E-state index contributed by atoms with van der Waals surface area (Å²) in [7, 11) is -4.63. The topological polar surface area (TPSA) is 66.4 Å². The number of rotatable bonds is 7. The molecule has 4 aliphatic carbocycles. The van der Waals surface area contributed by atoms with E-state index in [-0.39, 0.29) is 5.41 Å². The van der Waals surface area contributed by atoms with E-state index in [1.54, 1.807) is 0 Å². The van der Waals surface area contributed by atoms with Crippen LogP contribution < -0.4 is 0 Å². The van der Waals surface area contributed by atoms with Crippen molar-refractivity contribution in [2.45, 2.75) is 111 Å². The van der Waals surface area contributed by atoms with Gasteiger partial charge in [-0.25, -0.2) is 8.42 Å². The Morgan fingerprint density at radius 3 is 2.50 bits per heavy atom. The Bertz CT molecular complexity index is 818. The molecule has 3 fully saturated rings. The molecule has 5 heteroatoms. The van der Waals surface area contributed by atoms with Crippen molar-refractivity contribution in [1.29, 1.82) is 0 Å². The normalized spacial score (nSPS) is 42.7. The summed E-state index contributed by atoms with van der Waals surface area (Å²) in [6.45, 7) is 12.2. The zero-order chi connectivity index (χ0) is 23.3. The fourth-order valence-corrected chi connectivity index (χ4v) is 9.40. The summed E-state index contributed by atoms with van der Waals surface area (Å²) in [5.74, 6) is 4.78. The fourth-order valence-electron chi connectivity index (χ4n) is 8.90. The van der Waals surface area contributed by atoms with E-state index in [0.29, 0.717) is 24.2 Å². The minimum absolute atomic E-state index is 0.151. The first-order chi connectivity index (χ1) is 14.9. The minimum Gasteiger partial charge on any atom is -0.726 e. The molecule has 0 aliphatic heterocycles. The van der Waals surface area contributed by atoms with E-state index in [4.69, 9.17) is 4.18 Å². The van der Waals surface area contributed by atoms with Gasteiger partial charge < -0.3 is 4.55 Å². The van der Waals surface area contributed by atoms with E-state index in [2.05, 4.69) is 40.7 Å². The zero-order valence-corrected chi connectivity index (χ0v) is 21.8. The van der Waals surface area contributed by atoms with Crippen LogP contribution in [0.25, 0.3) is 0 Å². The molecule has 0 heterocycles. The second kappa shape index (κ2) is 9.00. The Morgan fingerprint density at radius 2 is 1.81 bits per heavy atom. The van der Waals surface area contributed by atoms with Gasteiger partial charge in [0.2, 0.25) is 10.4 Å². The smallest absolute Gasteiger partial charge is 0.217 e. The Balaban J connectivity index is 1.47. The standard InChI is InChI=1S/C27H46O4S/c1-18(2)7-6-8-19(3)23-11-12-24-22-10-9-20-17-21(31-32(28,29)30)13-15-26(20,4)25(22)14-16-27(23,24)5/h9,18-19,21-25H,6-8,10-17H2,1-5H3,(H,28,29,30)/p-1/t19-,21+,22+,23-,24+,25+,26+,27-/m1/s1. The molecule has 0 amide bonds. The van der Waals surface area contributed by atoms with Gasteiger partial charge in [0.15, 0.2) is 0 Å². The molecule has 0 aromatic heterocycles. The van der Waals surface area contributed by atoms with Crippen LogP contribution in [-0.4, -0.2) is 19.1 Å². The van der Waals surface area contributed by atoms with Gasteiger partial charge >= 0.3 is 0 Å². The zero-order valence-electron chi connectivity index (χ0n) is 20.9. The lowest BCUT2D eigenvalue weighted by atomic mass is 9.47. The van der Waals surface area contributed by atoms with Crippen LogP contribution in [-0.2, 0) is 14.6 Å². The molecule has 0 aromatic rings. The van der Waals surface area contributed by atoms with E-state index in [0.717, 1.165) is 42.4 Å². The van der Waals surface area contributed by atoms with Gasteiger partial charge in [0, 0.05) is 0 Å². The fraction of sp³-hybridized carbons (Fsp3) is 0.926. The number of hydrogen-bond donors (Lipinski definition) is 0. The van der Waals surface area contributed by atoms with Gasteiger partial charge in [-0.3, -0.25) is 4.18 Å². The molecule has 0 radical (unpaired) electrons. The molecule has 32 heavy (non-hydrogen) atoms. The molecule has 0 aromatic carbocycles. The highest BCUT2D eigenvalue weighted by Gasteiger charge is 2.59. The molecule has 0 saturated heterocycles. The molecule has 8 atom stereocenters. The quantitative estimate of drug-likeness (QED) is 0.234. The van der Waals surface area contributed by atoms with Crippen LogP contribution in [0.2, 0.25) is 0 Å². The second-order valence-corrected chi connectivity index (χ2v) is 13.7. The third kappa shape index (κ3) is 4.60. The average molecular weight is 466 g/mol. The highest BCUT2D eigenvalue weighted by molar-refractivity contribution is 7.80. The van der Waals surface area contributed by atoms with Crippen molar-refractivity contribution in [3.05, 3.63) is 11.6 Å². The lowest BCUT2D eigenvalue weighted by molar-refractivity contribution is -0.0561. The highest BCUT2D eigenvalue weighted by atomic mass is 32.3. The largest absolute Gasteiger partial charge is 0.726 e. The van der Waals surface area contributed by atoms with E-state index in [1.807, 2.05) is 0 Å². The third-order valence-electron chi connectivity index (χ3n) is 10.5.